The van der Waals surface area contributed by atoms with Gasteiger partial charge in [-0.2, -0.15) is 0 Å². The summed E-state index contributed by atoms with van der Waals surface area (Å²) in [7, 11) is 1.67. The van der Waals surface area contributed by atoms with Crippen LogP contribution in [0.3, 0.4) is 0 Å². The van der Waals surface area contributed by atoms with Crippen molar-refractivity contribution in [3.05, 3.63) is 23.8 Å². The van der Waals surface area contributed by atoms with Crippen LogP contribution in [0.1, 0.15) is 5.56 Å². The van der Waals surface area contributed by atoms with Gasteiger partial charge in [-0.05, 0) is 11.6 Å². The number of thiocarbonyl (C=S) groups is 1. The summed E-state index contributed by atoms with van der Waals surface area (Å²) in [5.74, 6) is 0.868. The summed E-state index contributed by atoms with van der Waals surface area (Å²) in [5, 5.41) is 3.12. The first-order chi connectivity index (χ1) is 5.81. The average Bonchev–Trinajstić information content (AvgIpc) is 2.44. The van der Waals surface area contributed by atoms with Gasteiger partial charge in [-0.1, -0.05) is 24.4 Å². The second kappa shape index (κ2) is 2.75. The summed E-state index contributed by atoms with van der Waals surface area (Å²) < 4.78 is 5.18. The van der Waals surface area contributed by atoms with Crippen molar-refractivity contribution in [2.45, 2.75) is 6.42 Å². The van der Waals surface area contributed by atoms with E-state index in [-0.39, 0.29) is 0 Å². The Labute approximate surface area is 76.5 Å². The third-order valence-electron chi connectivity index (χ3n) is 1.95. The van der Waals surface area contributed by atoms with E-state index in [1.165, 1.54) is 5.56 Å². The maximum atomic E-state index is 5.18. The molecule has 2 rings (SSSR count). The van der Waals surface area contributed by atoms with E-state index >= 15 is 0 Å². The third-order valence-corrected chi connectivity index (χ3v) is 2.19. The SMILES string of the molecule is COc1cccc2c1NC(=S)C2. The van der Waals surface area contributed by atoms with Gasteiger partial charge in [-0.25, -0.2) is 0 Å². The molecule has 0 spiro atoms. The lowest BCUT2D eigenvalue weighted by Gasteiger charge is -2.05. The fourth-order valence-corrected chi connectivity index (χ4v) is 1.65. The summed E-state index contributed by atoms with van der Waals surface area (Å²) in [4.78, 5) is 0.870. The Morgan fingerprint density at radius 1 is 1.50 bits per heavy atom. The van der Waals surface area contributed by atoms with Gasteiger partial charge in [0.25, 0.3) is 0 Å². The van der Waals surface area contributed by atoms with E-state index in [0.29, 0.717) is 0 Å². The number of para-hydroxylation sites is 1. The molecule has 2 nitrogen and oxygen atoms in total. The lowest BCUT2D eigenvalue weighted by Crippen LogP contribution is -2.01. The van der Waals surface area contributed by atoms with Gasteiger partial charge in [0.05, 0.1) is 17.8 Å². The van der Waals surface area contributed by atoms with Crippen LogP contribution in [0.15, 0.2) is 18.2 Å². The fraction of sp³-hybridized carbons (Fsp3) is 0.222. The van der Waals surface area contributed by atoms with E-state index in [1.54, 1.807) is 7.11 Å². The maximum Gasteiger partial charge on any atom is 0.142 e. The minimum atomic E-state index is 0.835. The van der Waals surface area contributed by atoms with Crippen molar-refractivity contribution in [1.82, 2.24) is 0 Å². The van der Waals surface area contributed by atoms with Gasteiger partial charge < -0.3 is 10.1 Å². The molecule has 3 heteroatoms. The van der Waals surface area contributed by atoms with E-state index in [9.17, 15) is 0 Å². The molecule has 0 fully saturated rings. The molecule has 12 heavy (non-hydrogen) atoms. The first-order valence-electron chi connectivity index (χ1n) is 3.77. The summed E-state index contributed by atoms with van der Waals surface area (Å²) in [6.07, 6.45) is 0.835. The zero-order valence-corrected chi connectivity index (χ0v) is 7.57. The van der Waals surface area contributed by atoms with Gasteiger partial charge >= 0.3 is 0 Å². The molecule has 0 aromatic heterocycles. The van der Waals surface area contributed by atoms with E-state index in [0.717, 1.165) is 22.8 Å². The normalized spacial score (nSPS) is 13.9. The van der Waals surface area contributed by atoms with Crippen molar-refractivity contribution < 1.29 is 4.74 Å². The van der Waals surface area contributed by atoms with Crippen molar-refractivity contribution in [2.24, 2.45) is 0 Å². The number of hydrogen-bond donors (Lipinski definition) is 1. The number of nitrogens with one attached hydrogen (secondary N) is 1. The van der Waals surface area contributed by atoms with Gasteiger partial charge in [0.2, 0.25) is 0 Å². The number of methoxy groups -OCH3 is 1. The molecule has 0 amide bonds. The van der Waals surface area contributed by atoms with Crippen molar-refractivity contribution in [1.29, 1.82) is 0 Å². The smallest absolute Gasteiger partial charge is 0.142 e. The zero-order valence-electron chi connectivity index (χ0n) is 6.76. The quantitative estimate of drug-likeness (QED) is 0.666. The first-order valence-corrected chi connectivity index (χ1v) is 4.18. The molecule has 0 bridgehead atoms. The van der Waals surface area contributed by atoms with Crippen LogP contribution in [0.25, 0.3) is 0 Å². The molecule has 1 aromatic carbocycles. The minimum Gasteiger partial charge on any atom is -0.495 e. The lowest BCUT2D eigenvalue weighted by molar-refractivity contribution is 0.417. The standard InChI is InChI=1S/C9H9NOS/c1-11-7-4-2-3-6-5-8(12)10-9(6)7/h2-4H,5H2,1H3,(H,10,12). The average molecular weight is 179 g/mol. The zero-order chi connectivity index (χ0) is 8.55. The van der Waals surface area contributed by atoms with Crippen LogP contribution >= 0.6 is 12.2 Å². The fourth-order valence-electron chi connectivity index (χ4n) is 1.39. The van der Waals surface area contributed by atoms with Crippen LogP contribution in [-0.4, -0.2) is 12.1 Å². The number of hydrogen-bond acceptors (Lipinski definition) is 2. The Morgan fingerprint density at radius 2 is 2.33 bits per heavy atom. The van der Waals surface area contributed by atoms with Gasteiger partial charge in [-0.3, -0.25) is 0 Å². The Kier molecular flexibility index (Phi) is 1.73. The number of ether oxygens (including phenoxy) is 1. The van der Waals surface area contributed by atoms with Crippen LogP contribution in [0, 0.1) is 0 Å². The van der Waals surface area contributed by atoms with Crippen LogP contribution in [0.4, 0.5) is 5.69 Å². The predicted octanol–water partition coefficient (Wildman–Crippen LogP) is 1.99. The number of anilines is 1. The van der Waals surface area contributed by atoms with Gasteiger partial charge in [-0.15, -0.1) is 0 Å². The Morgan fingerprint density at radius 3 is 3.08 bits per heavy atom. The first kappa shape index (κ1) is 7.55. The molecule has 1 aliphatic heterocycles. The van der Waals surface area contributed by atoms with Gasteiger partial charge in [0, 0.05) is 6.42 Å². The molecule has 1 heterocycles. The summed E-state index contributed by atoms with van der Waals surface area (Å²) in [5.41, 5.74) is 2.25. The monoisotopic (exact) mass is 179 g/mol. The van der Waals surface area contributed by atoms with Crippen molar-refractivity contribution in [3.63, 3.8) is 0 Å². The van der Waals surface area contributed by atoms with Crippen LogP contribution in [-0.2, 0) is 6.42 Å². The Hall–Kier alpha value is -1.09. The van der Waals surface area contributed by atoms with Gasteiger partial charge in [0.15, 0.2) is 0 Å². The Bertz CT molecular complexity index is 335. The Balaban J connectivity index is 2.51. The summed E-state index contributed by atoms with van der Waals surface area (Å²) in [6, 6.07) is 5.97. The molecular formula is C9H9NOS. The van der Waals surface area contributed by atoms with Crippen molar-refractivity contribution >= 4 is 22.9 Å². The molecule has 0 saturated carbocycles. The molecule has 0 unspecified atom stereocenters. The molecule has 0 saturated heterocycles. The largest absolute Gasteiger partial charge is 0.495 e. The highest BCUT2D eigenvalue weighted by molar-refractivity contribution is 7.80. The maximum absolute atomic E-state index is 5.18. The van der Waals surface area contributed by atoms with Crippen LogP contribution < -0.4 is 10.1 Å². The third kappa shape index (κ3) is 1.06. The highest BCUT2D eigenvalue weighted by Gasteiger charge is 2.17. The number of fused-ring (bicyclic) bond motifs is 1. The van der Waals surface area contributed by atoms with E-state index in [2.05, 4.69) is 11.4 Å². The van der Waals surface area contributed by atoms with E-state index in [4.69, 9.17) is 17.0 Å². The highest BCUT2D eigenvalue weighted by atomic mass is 32.1. The number of benzene rings is 1. The van der Waals surface area contributed by atoms with Crippen molar-refractivity contribution in [2.75, 3.05) is 12.4 Å². The topological polar surface area (TPSA) is 21.3 Å². The minimum absolute atomic E-state index is 0.835. The van der Waals surface area contributed by atoms with Gasteiger partial charge in [0.1, 0.15) is 5.75 Å². The molecule has 62 valence electrons. The summed E-state index contributed by atoms with van der Waals surface area (Å²) >= 11 is 5.06. The van der Waals surface area contributed by atoms with E-state index < -0.39 is 0 Å². The number of rotatable bonds is 1. The molecule has 1 aliphatic rings. The molecule has 0 aliphatic carbocycles. The molecule has 1 aromatic rings. The van der Waals surface area contributed by atoms with Crippen molar-refractivity contribution in [3.8, 4) is 5.75 Å². The molecular weight excluding hydrogens is 170 g/mol. The van der Waals surface area contributed by atoms with E-state index in [1.807, 2.05) is 12.1 Å². The predicted molar refractivity (Wildman–Crippen MR) is 52.9 cm³/mol. The molecule has 1 N–H and O–H groups in total. The van der Waals surface area contributed by atoms with Crippen LogP contribution in [0.5, 0.6) is 5.75 Å². The van der Waals surface area contributed by atoms with Crippen LogP contribution in [0.2, 0.25) is 0 Å². The molecule has 0 atom stereocenters. The highest BCUT2D eigenvalue weighted by Crippen LogP contribution is 2.32. The second-order valence-corrected chi connectivity index (χ2v) is 3.21. The lowest BCUT2D eigenvalue weighted by atomic mass is 10.1. The molecule has 0 radical (unpaired) electrons. The second-order valence-electron chi connectivity index (χ2n) is 2.72. The summed E-state index contributed by atoms with van der Waals surface area (Å²) in [6.45, 7) is 0.